The SMILES string of the molecule is COc1cccc(CN(C(=O)C2=C(c3cnc(CCCOc4c(F)ccc(F)c4Cl)s3)CC3CN(C(=O)OC(C)(C)C)C[C@H]2N3C(=O)O)C2CC2)c1C. The molecule has 3 amide bonds. The van der Waals surface area contributed by atoms with Gasteiger partial charge in [-0.05, 0) is 88.3 Å². The van der Waals surface area contributed by atoms with Crippen molar-refractivity contribution in [2.24, 2.45) is 0 Å². The second-order valence-corrected chi connectivity index (χ2v) is 16.0. The summed E-state index contributed by atoms with van der Waals surface area (Å²) in [6.07, 6.45) is 2.63. The van der Waals surface area contributed by atoms with Crippen molar-refractivity contribution >= 4 is 46.6 Å². The summed E-state index contributed by atoms with van der Waals surface area (Å²) in [5.41, 5.74) is 2.07. The van der Waals surface area contributed by atoms with Gasteiger partial charge in [0.15, 0.2) is 11.6 Å². The van der Waals surface area contributed by atoms with Gasteiger partial charge in [-0.15, -0.1) is 11.3 Å². The molecule has 1 N–H and O–H groups in total. The van der Waals surface area contributed by atoms with Crippen molar-refractivity contribution in [3.63, 3.8) is 0 Å². The summed E-state index contributed by atoms with van der Waals surface area (Å²) in [4.78, 5) is 51.2. The minimum Gasteiger partial charge on any atom is -0.496 e. The topological polar surface area (TPSA) is 122 Å². The Kier molecular flexibility index (Phi) is 11.2. The summed E-state index contributed by atoms with van der Waals surface area (Å²) >= 11 is 7.28. The van der Waals surface area contributed by atoms with Gasteiger partial charge in [-0.1, -0.05) is 23.7 Å². The molecule has 3 aromatic rings. The van der Waals surface area contributed by atoms with Crippen molar-refractivity contribution in [3.8, 4) is 11.5 Å². The molecule has 1 saturated carbocycles. The number of amides is 3. The fourth-order valence-electron chi connectivity index (χ4n) is 6.93. The number of benzene rings is 2. The quantitative estimate of drug-likeness (QED) is 0.155. The van der Waals surface area contributed by atoms with Gasteiger partial charge in [-0.2, -0.15) is 0 Å². The Bertz CT molecular complexity index is 1930. The van der Waals surface area contributed by atoms with Gasteiger partial charge in [-0.3, -0.25) is 9.69 Å². The molecule has 15 heteroatoms. The lowest BCUT2D eigenvalue weighted by molar-refractivity contribution is -0.129. The van der Waals surface area contributed by atoms with E-state index in [1.54, 1.807) is 34.1 Å². The fourth-order valence-corrected chi connectivity index (χ4v) is 8.16. The molecule has 1 saturated heterocycles. The van der Waals surface area contributed by atoms with Crippen LogP contribution in [0.15, 0.2) is 42.1 Å². The highest BCUT2D eigenvalue weighted by Crippen LogP contribution is 2.43. The Morgan fingerprint density at radius 1 is 1.11 bits per heavy atom. The minimum absolute atomic E-state index is 0.0307. The first-order valence-electron chi connectivity index (χ1n) is 17.5. The lowest BCUT2D eigenvalue weighted by Gasteiger charge is -2.50. The number of ether oxygens (including phenoxy) is 3. The summed E-state index contributed by atoms with van der Waals surface area (Å²) in [6, 6.07) is 5.97. The maximum atomic E-state index is 15.0. The molecule has 2 bridgehead atoms. The van der Waals surface area contributed by atoms with Gasteiger partial charge in [0.05, 0.1) is 35.7 Å². The number of rotatable bonds is 11. The van der Waals surface area contributed by atoms with E-state index in [-0.39, 0.29) is 43.8 Å². The molecule has 6 rings (SSSR count). The first kappa shape index (κ1) is 38.3. The molecule has 3 aliphatic rings. The first-order chi connectivity index (χ1) is 25.2. The second kappa shape index (κ2) is 15.5. The van der Waals surface area contributed by atoms with Crippen LogP contribution in [0.25, 0.3) is 5.57 Å². The van der Waals surface area contributed by atoms with Crippen LogP contribution in [-0.2, 0) is 22.5 Å². The minimum atomic E-state index is -1.17. The highest BCUT2D eigenvalue weighted by Gasteiger charge is 2.50. The average Bonchev–Trinajstić information content (AvgIpc) is 3.83. The van der Waals surface area contributed by atoms with Gasteiger partial charge in [0, 0.05) is 43.9 Å². The van der Waals surface area contributed by atoms with Crippen LogP contribution in [0.5, 0.6) is 11.5 Å². The number of hydrogen-bond donors (Lipinski definition) is 1. The molecule has 2 aromatic carbocycles. The van der Waals surface area contributed by atoms with E-state index >= 15 is 4.79 Å². The summed E-state index contributed by atoms with van der Waals surface area (Å²) in [7, 11) is 1.60. The highest BCUT2D eigenvalue weighted by atomic mass is 35.5. The number of methoxy groups -OCH3 is 1. The Morgan fingerprint density at radius 3 is 2.53 bits per heavy atom. The predicted molar refractivity (Wildman–Crippen MR) is 195 cm³/mol. The van der Waals surface area contributed by atoms with Crippen LogP contribution >= 0.6 is 22.9 Å². The maximum Gasteiger partial charge on any atom is 0.410 e. The Hall–Kier alpha value is -4.43. The molecule has 3 heterocycles. The Balaban J connectivity index is 1.33. The molecule has 2 atom stereocenters. The standard InChI is InChI=1S/C38H43ClF2N4O7S/c1-21-22(8-6-9-29(21)50-5)18-44(23-11-12-23)35(46)32-25(16-24-19-43(37(49)52-38(2,3)4)20-28(32)45(24)36(47)48)30-17-42-31(53-30)10-7-15-51-34-27(41)14-13-26(40)33(34)39/h6,8-9,13-14,17,23-24,28H,7,10-12,15-16,18-20H2,1-5H3,(H,47,48)/t24?,28-/m1/s1. The van der Waals surface area contributed by atoms with Crippen LogP contribution in [0.1, 0.15) is 67.5 Å². The zero-order valence-electron chi connectivity index (χ0n) is 30.3. The first-order valence-corrected chi connectivity index (χ1v) is 18.7. The van der Waals surface area contributed by atoms with Crippen molar-refractivity contribution in [2.75, 3.05) is 26.8 Å². The Labute approximate surface area is 316 Å². The van der Waals surface area contributed by atoms with E-state index in [1.807, 2.05) is 30.0 Å². The van der Waals surface area contributed by atoms with Crippen LogP contribution in [0.2, 0.25) is 5.02 Å². The zero-order chi connectivity index (χ0) is 38.2. The number of halogens is 3. The van der Waals surface area contributed by atoms with E-state index in [2.05, 4.69) is 4.98 Å². The third-order valence-corrected chi connectivity index (χ3v) is 11.1. The van der Waals surface area contributed by atoms with Crippen LogP contribution in [0.4, 0.5) is 18.4 Å². The van der Waals surface area contributed by atoms with Crippen LogP contribution in [-0.4, -0.2) is 93.4 Å². The van der Waals surface area contributed by atoms with Gasteiger partial charge >= 0.3 is 12.2 Å². The predicted octanol–water partition coefficient (Wildman–Crippen LogP) is 7.72. The number of carbonyl (C=O) groups is 3. The van der Waals surface area contributed by atoms with Gasteiger partial charge in [0.1, 0.15) is 22.2 Å². The molecule has 2 fully saturated rings. The molecule has 53 heavy (non-hydrogen) atoms. The number of carboxylic acid groups (broad SMARTS) is 1. The lowest BCUT2D eigenvalue weighted by Crippen LogP contribution is -2.65. The van der Waals surface area contributed by atoms with Crippen molar-refractivity contribution in [3.05, 3.63) is 79.8 Å². The molecule has 0 radical (unpaired) electrons. The van der Waals surface area contributed by atoms with Crippen LogP contribution in [0, 0.1) is 18.6 Å². The largest absolute Gasteiger partial charge is 0.496 e. The molecule has 2 aliphatic heterocycles. The number of aromatic nitrogens is 1. The molecule has 1 aliphatic carbocycles. The summed E-state index contributed by atoms with van der Waals surface area (Å²) < 4.78 is 44.8. The normalized spacial score (nSPS) is 18.6. The summed E-state index contributed by atoms with van der Waals surface area (Å²) in [5, 5.41) is 10.8. The number of hydrogen-bond acceptors (Lipinski definition) is 8. The van der Waals surface area contributed by atoms with Gasteiger partial charge < -0.3 is 29.1 Å². The zero-order valence-corrected chi connectivity index (χ0v) is 31.9. The number of nitrogens with zero attached hydrogens (tertiary/aromatic N) is 4. The second-order valence-electron chi connectivity index (χ2n) is 14.5. The Morgan fingerprint density at radius 2 is 1.85 bits per heavy atom. The maximum absolute atomic E-state index is 15.0. The van der Waals surface area contributed by atoms with Crippen LogP contribution < -0.4 is 9.47 Å². The molecule has 11 nitrogen and oxygen atoms in total. The number of fused-ring (bicyclic) bond motifs is 2. The molecule has 0 spiro atoms. The highest BCUT2D eigenvalue weighted by molar-refractivity contribution is 7.12. The summed E-state index contributed by atoms with van der Waals surface area (Å²) in [6.45, 7) is 7.64. The van der Waals surface area contributed by atoms with E-state index in [0.29, 0.717) is 36.3 Å². The van der Waals surface area contributed by atoms with Gasteiger partial charge in [0.25, 0.3) is 5.91 Å². The number of thiazole rings is 1. The number of carbonyl (C=O) groups excluding carboxylic acids is 2. The van der Waals surface area contributed by atoms with Gasteiger partial charge in [0.2, 0.25) is 0 Å². The number of piperazine rings is 1. The third-order valence-electron chi connectivity index (χ3n) is 9.59. The molecule has 1 aromatic heterocycles. The monoisotopic (exact) mass is 772 g/mol. The smallest absolute Gasteiger partial charge is 0.410 e. The van der Waals surface area contributed by atoms with Crippen molar-refractivity contribution in [1.29, 1.82) is 0 Å². The molecule has 1 unspecified atom stereocenters. The van der Waals surface area contributed by atoms with E-state index in [9.17, 15) is 23.5 Å². The van der Waals surface area contributed by atoms with Gasteiger partial charge in [-0.25, -0.2) is 23.4 Å². The van der Waals surface area contributed by atoms with Crippen molar-refractivity contribution in [2.45, 2.75) is 90.1 Å². The van der Waals surface area contributed by atoms with Crippen LogP contribution in [0.3, 0.4) is 0 Å². The van der Waals surface area contributed by atoms with E-state index in [0.717, 1.165) is 46.0 Å². The van der Waals surface area contributed by atoms with Crippen molar-refractivity contribution in [1.82, 2.24) is 19.7 Å². The molecule has 284 valence electrons. The third kappa shape index (κ3) is 8.38. The van der Waals surface area contributed by atoms with E-state index in [4.69, 9.17) is 25.8 Å². The van der Waals surface area contributed by atoms with Crippen molar-refractivity contribution < 1.29 is 42.5 Å². The lowest BCUT2D eigenvalue weighted by atomic mass is 9.83. The molecular formula is C38H43ClF2N4O7S. The fraction of sp³-hybridized carbons (Fsp3) is 0.474. The van der Waals surface area contributed by atoms with E-state index in [1.165, 1.54) is 21.1 Å². The average molecular weight is 773 g/mol. The summed E-state index contributed by atoms with van der Waals surface area (Å²) in [5.74, 6) is -1.47. The molecular weight excluding hydrogens is 730 g/mol. The van der Waals surface area contributed by atoms with E-state index < -0.39 is 46.5 Å². The number of aryl methyl sites for hydroxylation is 1.